The molecule has 5 heterocycles. The first-order chi connectivity index (χ1) is 18.7. The number of hydrogen-bond donors (Lipinski definition) is 1. The number of nitrogens with one attached hydrogen (secondary N) is 1. The number of anilines is 2. The van der Waals surface area contributed by atoms with Gasteiger partial charge >= 0.3 is 6.18 Å². The summed E-state index contributed by atoms with van der Waals surface area (Å²) in [5.74, 6) is -0.0886. The fourth-order valence-electron chi connectivity index (χ4n) is 5.18. The van der Waals surface area contributed by atoms with E-state index in [1.165, 1.54) is 31.2 Å². The largest absolute Gasteiger partial charge is 0.435 e. The van der Waals surface area contributed by atoms with Crippen molar-refractivity contribution in [2.75, 3.05) is 43.1 Å². The molecule has 3 fully saturated rings. The second kappa shape index (κ2) is 10.2. The first kappa shape index (κ1) is 25.8. The number of rotatable bonds is 7. The summed E-state index contributed by atoms with van der Waals surface area (Å²) in [6.07, 6.45) is 2.44. The van der Waals surface area contributed by atoms with Crippen LogP contribution in [0.1, 0.15) is 35.9 Å². The molecule has 0 bridgehead atoms. The maximum absolute atomic E-state index is 13.8. The van der Waals surface area contributed by atoms with Crippen molar-refractivity contribution in [1.82, 2.24) is 24.6 Å². The topological polar surface area (TPSA) is 88.4 Å². The number of hydrogen-bond acceptors (Lipinski definition) is 7. The fraction of sp³-hybridized carbons (Fsp3) is 0.481. The van der Waals surface area contributed by atoms with Crippen LogP contribution in [0, 0.1) is 5.92 Å². The Balaban J connectivity index is 1.21. The predicted octanol–water partition coefficient (Wildman–Crippen LogP) is 3.93. The Bertz CT molecular complexity index is 1350. The molecule has 1 saturated carbocycles. The molecule has 0 unspecified atom stereocenters. The molecule has 1 aliphatic carbocycles. The number of halogens is 3. The average Bonchev–Trinajstić information content (AvgIpc) is 3.57. The molecule has 1 N–H and O–H groups in total. The van der Waals surface area contributed by atoms with E-state index in [1.807, 2.05) is 15.8 Å². The molecule has 1 atom stereocenters. The zero-order chi connectivity index (χ0) is 27.1. The fourth-order valence-corrected chi connectivity index (χ4v) is 5.18. The van der Waals surface area contributed by atoms with E-state index in [-0.39, 0.29) is 11.7 Å². The lowest BCUT2D eigenvalue weighted by Crippen LogP contribution is -2.60. The van der Waals surface area contributed by atoms with Gasteiger partial charge in [0.2, 0.25) is 0 Å². The van der Waals surface area contributed by atoms with Crippen LogP contribution in [0.5, 0.6) is 0 Å². The third kappa shape index (κ3) is 5.62. The van der Waals surface area contributed by atoms with Gasteiger partial charge in [0.1, 0.15) is 5.69 Å². The van der Waals surface area contributed by atoms with Gasteiger partial charge in [-0.05, 0) is 43.9 Å². The summed E-state index contributed by atoms with van der Waals surface area (Å²) >= 11 is 0. The molecular weight excluding hydrogens is 511 g/mol. The van der Waals surface area contributed by atoms with Crippen molar-refractivity contribution < 1.29 is 22.7 Å². The molecule has 0 spiro atoms. The molecule has 206 valence electrons. The smallest absolute Gasteiger partial charge is 0.378 e. The summed E-state index contributed by atoms with van der Waals surface area (Å²) in [5.41, 5.74) is 0.265. The van der Waals surface area contributed by atoms with E-state index in [1.54, 1.807) is 18.3 Å². The highest BCUT2D eigenvalue weighted by molar-refractivity contribution is 6.03. The first-order valence-corrected chi connectivity index (χ1v) is 13.2. The van der Waals surface area contributed by atoms with Crippen LogP contribution in [0.2, 0.25) is 0 Å². The summed E-state index contributed by atoms with van der Waals surface area (Å²) in [7, 11) is 0. The van der Waals surface area contributed by atoms with E-state index in [0.717, 1.165) is 18.7 Å². The molecular formula is C27H30F3N7O2. The maximum atomic E-state index is 13.8. The van der Waals surface area contributed by atoms with Gasteiger partial charge in [-0.1, -0.05) is 6.07 Å². The number of piperazine rings is 1. The van der Waals surface area contributed by atoms with Crippen molar-refractivity contribution in [2.45, 2.75) is 44.6 Å². The van der Waals surface area contributed by atoms with Crippen molar-refractivity contribution >= 4 is 17.3 Å². The quantitative estimate of drug-likeness (QED) is 0.485. The summed E-state index contributed by atoms with van der Waals surface area (Å²) in [6, 6.07) is 6.82. The number of carbonyl (C=O) groups is 1. The van der Waals surface area contributed by atoms with Crippen LogP contribution in [0.15, 0.2) is 42.9 Å². The molecule has 0 aromatic carbocycles. The Kier molecular flexibility index (Phi) is 6.76. The zero-order valence-electron chi connectivity index (χ0n) is 21.6. The molecule has 6 rings (SSSR count). The summed E-state index contributed by atoms with van der Waals surface area (Å²) in [5, 5.41) is 6.79. The van der Waals surface area contributed by atoms with Crippen molar-refractivity contribution in [1.29, 1.82) is 0 Å². The molecule has 12 heteroatoms. The van der Waals surface area contributed by atoms with E-state index < -0.39 is 23.5 Å². The SMILES string of the molecule is C[C@H]1CN(c2cnc(C(F)(F)F)c(NC(=O)c3cccc(-c4cnn(CC5CC5)c4)n3)c2)CCN1C1COC1. The molecule has 3 aromatic heterocycles. The second-order valence-electron chi connectivity index (χ2n) is 10.6. The van der Waals surface area contributed by atoms with E-state index in [2.05, 4.69) is 32.2 Å². The molecule has 3 aliphatic rings. The Morgan fingerprint density at radius 3 is 2.69 bits per heavy atom. The molecule has 9 nitrogen and oxygen atoms in total. The van der Waals surface area contributed by atoms with Gasteiger partial charge in [0.05, 0.1) is 48.7 Å². The minimum Gasteiger partial charge on any atom is -0.378 e. The molecule has 0 radical (unpaired) electrons. The van der Waals surface area contributed by atoms with Gasteiger partial charge in [-0.2, -0.15) is 18.3 Å². The lowest BCUT2D eigenvalue weighted by atomic mass is 10.1. The Labute approximate surface area is 224 Å². The van der Waals surface area contributed by atoms with E-state index in [0.29, 0.717) is 49.6 Å². The minimum absolute atomic E-state index is 0.00549. The molecule has 1 amide bonds. The molecule has 39 heavy (non-hydrogen) atoms. The molecule has 2 saturated heterocycles. The number of pyridine rings is 2. The van der Waals surface area contributed by atoms with Crippen molar-refractivity contribution in [3.05, 3.63) is 54.2 Å². The van der Waals surface area contributed by atoms with Crippen molar-refractivity contribution in [2.24, 2.45) is 5.92 Å². The lowest BCUT2D eigenvalue weighted by molar-refractivity contribution is -0.140. The number of nitrogens with zero attached hydrogens (tertiary/aromatic N) is 6. The summed E-state index contributed by atoms with van der Waals surface area (Å²) in [6.45, 7) is 6.40. The summed E-state index contributed by atoms with van der Waals surface area (Å²) in [4.78, 5) is 25.6. The maximum Gasteiger partial charge on any atom is 0.435 e. The normalized spacial score (nSPS) is 20.6. The highest BCUT2D eigenvalue weighted by Gasteiger charge is 2.38. The van der Waals surface area contributed by atoms with E-state index in [9.17, 15) is 18.0 Å². The highest BCUT2D eigenvalue weighted by atomic mass is 19.4. The summed E-state index contributed by atoms with van der Waals surface area (Å²) < 4.78 is 48.7. The number of ether oxygens (including phenoxy) is 1. The van der Waals surface area contributed by atoms with E-state index in [4.69, 9.17) is 4.74 Å². The van der Waals surface area contributed by atoms with Gasteiger partial charge in [0.15, 0.2) is 5.69 Å². The van der Waals surface area contributed by atoms with Crippen LogP contribution >= 0.6 is 0 Å². The Morgan fingerprint density at radius 2 is 2.00 bits per heavy atom. The first-order valence-electron chi connectivity index (χ1n) is 13.2. The van der Waals surface area contributed by atoms with E-state index >= 15 is 0 Å². The van der Waals surface area contributed by atoms with Crippen molar-refractivity contribution in [3.8, 4) is 11.3 Å². The second-order valence-corrected chi connectivity index (χ2v) is 10.6. The standard InChI is InChI=1S/C27H30F3N7O2/c1-17-12-35(7-8-37(17)21-15-39-16-21)20-9-24(25(31-11-20)27(28,29)30)34-26(38)23-4-2-3-22(33-23)19-10-32-36(14-19)13-18-5-6-18/h2-4,9-11,14,17-18,21H,5-8,12-13,15-16H2,1H3,(H,34,38)/t17-/m0/s1. The van der Waals surface area contributed by atoms with Crippen LogP contribution in [0.25, 0.3) is 11.3 Å². The van der Waals surface area contributed by atoms with Gasteiger partial charge in [-0.25, -0.2) is 9.97 Å². The monoisotopic (exact) mass is 541 g/mol. The Morgan fingerprint density at radius 1 is 1.18 bits per heavy atom. The number of carbonyl (C=O) groups excluding carboxylic acids is 1. The van der Waals surface area contributed by atoms with Crippen LogP contribution in [-0.4, -0.2) is 75.5 Å². The highest BCUT2D eigenvalue weighted by Crippen LogP contribution is 2.36. The number of amides is 1. The third-order valence-corrected chi connectivity index (χ3v) is 7.58. The predicted molar refractivity (Wildman–Crippen MR) is 138 cm³/mol. The number of alkyl halides is 3. The molecule has 3 aromatic rings. The van der Waals surface area contributed by atoms with Gasteiger partial charge in [0.25, 0.3) is 5.91 Å². The van der Waals surface area contributed by atoms with Crippen LogP contribution in [0.4, 0.5) is 24.5 Å². The van der Waals surface area contributed by atoms with Crippen LogP contribution < -0.4 is 10.2 Å². The Hall–Kier alpha value is -3.51. The molecule has 2 aliphatic heterocycles. The van der Waals surface area contributed by atoms with Gasteiger partial charge in [-0.3, -0.25) is 14.4 Å². The third-order valence-electron chi connectivity index (χ3n) is 7.58. The number of aromatic nitrogens is 4. The van der Waals surface area contributed by atoms with Crippen molar-refractivity contribution in [3.63, 3.8) is 0 Å². The van der Waals surface area contributed by atoms with Crippen LogP contribution in [0.3, 0.4) is 0 Å². The van der Waals surface area contributed by atoms with Gasteiger partial charge < -0.3 is 15.0 Å². The average molecular weight is 542 g/mol. The van der Waals surface area contributed by atoms with Gasteiger partial charge in [-0.15, -0.1) is 0 Å². The van der Waals surface area contributed by atoms with Gasteiger partial charge in [0, 0.05) is 44.0 Å². The lowest BCUT2D eigenvalue weighted by Gasteiger charge is -2.47. The minimum atomic E-state index is -4.73. The zero-order valence-corrected chi connectivity index (χ0v) is 21.6. The van der Waals surface area contributed by atoms with Crippen LogP contribution in [-0.2, 0) is 17.5 Å².